The third-order valence-electron chi connectivity index (χ3n) is 3.69. The average Bonchev–Trinajstić information content (AvgIpc) is 2.76. The van der Waals surface area contributed by atoms with E-state index in [-0.39, 0.29) is 11.7 Å². The predicted octanol–water partition coefficient (Wildman–Crippen LogP) is 3.68. The van der Waals surface area contributed by atoms with Gasteiger partial charge in [-0.25, -0.2) is 0 Å². The Labute approximate surface area is 127 Å². The number of anilines is 1. The second-order valence-electron chi connectivity index (χ2n) is 5.36. The van der Waals surface area contributed by atoms with Gasteiger partial charge in [0.1, 0.15) is 0 Å². The zero-order valence-electron chi connectivity index (χ0n) is 11.8. The maximum atomic E-state index is 12.7. The number of fused-ring (bicyclic) bond motifs is 1. The van der Waals surface area contributed by atoms with Gasteiger partial charge < -0.3 is 5.32 Å². The first-order valence-corrected chi connectivity index (χ1v) is 7.08. The molecule has 0 aromatic heterocycles. The number of amides is 1. The lowest BCUT2D eigenvalue weighted by atomic mass is 9.96. The van der Waals surface area contributed by atoms with Gasteiger partial charge in [-0.15, -0.1) is 0 Å². The van der Waals surface area contributed by atoms with Crippen molar-refractivity contribution in [2.24, 2.45) is 0 Å². The molecule has 0 fully saturated rings. The summed E-state index contributed by atoms with van der Waals surface area (Å²) < 4.78 is 0. The van der Waals surface area contributed by atoms with Crippen LogP contribution in [-0.4, -0.2) is 11.7 Å². The number of nitrogens with one attached hydrogen (secondary N) is 1. The molecule has 21 heavy (non-hydrogen) atoms. The number of hydrogen-bond donors (Lipinski definition) is 1. The van der Waals surface area contributed by atoms with Gasteiger partial charge in [0.25, 0.3) is 0 Å². The fourth-order valence-corrected chi connectivity index (χ4v) is 2.89. The third-order valence-corrected chi connectivity index (χ3v) is 4.00. The SMILES string of the molecule is Cc1ccc(C(=O)c2cc3c(cc2Cl)NC(=O)C3)c(C)c1. The molecule has 3 rings (SSSR count). The molecule has 0 aliphatic carbocycles. The summed E-state index contributed by atoms with van der Waals surface area (Å²) in [5.74, 6) is -0.183. The minimum absolute atomic E-state index is 0.0721. The number of ketones is 1. The van der Waals surface area contributed by atoms with E-state index in [0.717, 1.165) is 16.7 Å². The molecule has 106 valence electrons. The van der Waals surface area contributed by atoms with Crippen LogP contribution in [0, 0.1) is 13.8 Å². The van der Waals surface area contributed by atoms with Crippen molar-refractivity contribution >= 4 is 29.0 Å². The fraction of sp³-hybridized carbons (Fsp3) is 0.176. The van der Waals surface area contributed by atoms with Crippen LogP contribution in [0.4, 0.5) is 5.69 Å². The van der Waals surface area contributed by atoms with Crippen molar-refractivity contribution in [1.29, 1.82) is 0 Å². The highest BCUT2D eigenvalue weighted by atomic mass is 35.5. The second-order valence-corrected chi connectivity index (χ2v) is 5.77. The summed E-state index contributed by atoms with van der Waals surface area (Å²) in [6, 6.07) is 9.07. The maximum Gasteiger partial charge on any atom is 0.228 e. The molecule has 0 atom stereocenters. The number of carbonyl (C=O) groups is 2. The first-order chi connectivity index (χ1) is 9.95. The van der Waals surface area contributed by atoms with Crippen molar-refractivity contribution in [3.05, 3.63) is 63.2 Å². The van der Waals surface area contributed by atoms with E-state index in [0.29, 0.717) is 28.3 Å². The minimum atomic E-state index is -0.111. The van der Waals surface area contributed by atoms with E-state index in [1.54, 1.807) is 12.1 Å². The van der Waals surface area contributed by atoms with E-state index < -0.39 is 0 Å². The number of hydrogen-bond acceptors (Lipinski definition) is 2. The zero-order chi connectivity index (χ0) is 15.1. The lowest BCUT2D eigenvalue weighted by Gasteiger charge is -2.09. The van der Waals surface area contributed by atoms with Crippen LogP contribution in [-0.2, 0) is 11.2 Å². The fourth-order valence-electron chi connectivity index (χ4n) is 2.64. The number of benzene rings is 2. The molecule has 2 aromatic rings. The molecule has 2 aromatic carbocycles. The van der Waals surface area contributed by atoms with E-state index in [1.165, 1.54) is 0 Å². The Morgan fingerprint density at radius 1 is 1.14 bits per heavy atom. The average molecular weight is 300 g/mol. The molecule has 1 amide bonds. The molecule has 0 bridgehead atoms. The Morgan fingerprint density at radius 2 is 1.90 bits per heavy atom. The molecule has 0 unspecified atom stereocenters. The topological polar surface area (TPSA) is 46.2 Å². The van der Waals surface area contributed by atoms with Crippen LogP contribution < -0.4 is 5.32 Å². The number of carbonyl (C=O) groups excluding carboxylic acids is 2. The van der Waals surface area contributed by atoms with Gasteiger partial charge in [0.15, 0.2) is 5.78 Å². The van der Waals surface area contributed by atoms with Gasteiger partial charge in [0.05, 0.1) is 11.4 Å². The lowest BCUT2D eigenvalue weighted by molar-refractivity contribution is -0.115. The van der Waals surface area contributed by atoms with Crippen LogP contribution in [0.1, 0.15) is 32.6 Å². The number of aryl methyl sites for hydroxylation is 2. The molecular formula is C17H14ClNO2. The first kappa shape index (κ1) is 13.8. The second kappa shape index (κ2) is 5.01. The Morgan fingerprint density at radius 3 is 2.62 bits per heavy atom. The smallest absolute Gasteiger partial charge is 0.228 e. The number of halogens is 1. The predicted molar refractivity (Wildman–Crippen MR) is 83.1 cm³/mol. The van der Waals surface area contributed by atoms with Gasteiger partial charge in [0, 0.05) is 16.8 Å². The molecule has 1 heterocycles. The molecule has 1 aliphatic rings. The summed E-state index contributed by atoms with van der Waals surface area (Å²) in [6.45, 7) is 3.90. The van der Waals surface area contributed by atoms with Crippen molar-refractivity contribution < 1.29 is 9.59 Å². The Balaban J connectivity index is 2.06. The quantitative estimate of drug-likeness (QED) is 0.860. The maximum absolute atomic E-state index is 12.7. The van der Waals surface area contributed by atoms with Crippen LogP contribution in [0.15, 0.2) is 30.3 Å². The summed E-state index contributed by atoms with van der Waals surface area (Å²) >= 11 is 6.21. The molecule has 1 aliphatic heterocycles. The minimum Gasteiger partial charge on any atom is -0.325 e. The van der Waals surface area contributed by atoms with Crippen LogP contribution in [0.5, 0.6) is 0 Å². The molecule has 3 nitrogen and oxygen atoms in total. The largest absolute Gasteiger partial charge is 0.325 e. The van der Waals surface area contributed by atoms with Crippen molar-refractivity contribution in [3.63, 3.8) is 0 Å². The van der Waals surface area contributed by atoms with Crippen LogP contribution in [0.25, 0.3) is 0 Å². The summed E-state index contributed by atoms with van der Waals surface area (Å²) in [5, 5.41) is 3.09. The Bertz CT molecular complexity index is 781. The van der Waals surface area contributed by atoms with E-state index in [1.807, 2.05) is 32.0 Å². The van der Waals surface area contributed by atoms with Crippen molar-refractivity contribution in [2.45, 2.75) is 20.3 Å². The molecule has 0 saturated carbocycles. The number of rotatable bonds is 2. The molecular weight excluding hydrogens is 286 g/mol. The summed E-state index contributed by atoms with van der Waals surface area (Å²) in [4.78, 5) is 24.1. The summed E-state index contributed by atoms with van der Waals surface area (Å²) in [5.41, 5.74) is 4.63. The molecule has 0 spiro atoms. The zero-order valence-corrected chi connectivity index (χ0v) is 12.5. The standard InChI is InChI=1S/C17H14ClNO2/c1-9-3-4-12(10(2)5-9)17(21)13-6-11-7-16(20)19-15(11)8-14(13)18/h3-6,8H,7H2,1-2H3,(H,19,20). The molecule has 0 radical (unpaired) electrons. The van der Waals surface area contributed by atoms with Gasteiger partial charge in [-0.3, -0.25) is 9.59 Å². The van der Waals surface area contributed by atoms with Crippen LogP contribution in [0.3, 0.4) is 0 Å². The summed E-state index contributed by atoms with van der Waals surface area (Å²) in [7, 11) is 0. The highest BCUT2D eigenvalue weighted by Gasteiger charge is 2.23. The van der Waals surface area contributed by atoms with Gasteiger partial charge in [-0.1, -0.05) is 35.4 Å². The van der Waals surface area contributed by atoms with Crippen molar-refractivity contribution in [3.8, 4) is 0 Å². The van der Waals surface area contributed by atoms with Crippen LogP contribution in [0.2, 0.25) is 5.02 Å². The van der Waals surface area contributed by atoms with Crippen molar-refractivity contribution in [1.82, 2.24) is 0 Å². The first-order valence-electron chi connectivity index (χ1n) is 6.70. The lowest BCUT2D eigenvalue weighted by Crippen LogP contribution is -2.05. The van der Waals surface area contributed by atoms with E-state index in [4.69, 9.17) is 11.6 Å². The highest BCUT2D eigenvalue weighted by molar-refractivity contribution is 6.35. The van der Waals surface area contributed by atoms with Crippen LogP contribution >= 0.6 is 11.6 Å². The summed E-state index contributed by atoms with van der Waals surface area (Å²) in [6.07, 6.45) is 0.291. The van der Waals surface area contributed by atoms with Gasteiger partial charge in [-0.05, 0) is 37.1 Å². The normalized spacial score (nSPS) is 13.0. The monoisotopic (exact) mass is 299 g/mol. The van der Waals surface area contributed by atoms with Crippen molar-refractivity contribution in [2.75, 3.05) is 5.32 Å². The van der Waals surface area contributed by atoms with E-state index in [9.17, 15) is 9.59 Å². The molecule has 0 saturated heterocycles. The highest BCUT2D eigenvalue weighted by Crippen LogP contribution is 2.31. The Hall–Kier alpha value is -2.13. The van der Waals surface area contributed by atoms with Gasteiger partial charge in [-0.2, -0.15) is 0 Å². The van der Waals surface area contributed by atoms with E-state index >= 15 is 0 Å². The third kappa shape index (κ3) is 2.45. The van der Waals surface area contributed by atoms with E-state index in [2.05, 4.69) is 5.32 Å². The van der Waals surface area contributed by atoms with Gasteiger partial charge in [0.2, 0.25) is 5.91 Å². The molecule has 1 N–H and O–H groups in total. The molecule has 4 heteroatoms. The van der Waals surface area contributed by atoms with Gasteiger partial charge >= 0.3 is 0 Å². The Kier molecular flexibility index (Phi) is 3.30.